The standard InChI is InChI=1S/C10H12FN5O4/c11-16-3-14-9-5(8(16)12)13-2-15(9)10-7(19)6(18)4(1-17)20-10/h2-4,6-7,10,12,17-19H,1H2/t4-,6-,7-,10-/m1/s1. The van der Waals surface area contributed by atoms with E-state index in [0.29, 0.717) is 0 Å². The molecule has 3 heterocycles. The number of nitrogens with zero attached hydrogens (tertiary/aromatic N) is 4. The highest BCUT2D eigenvalue weighted by molar-refractivity contribution is 5.68. The van der Waals surface area contributed by atoms with Crippen molar-refractivity contribution in [3.63, 3.8) is 0 Å². The summed E-state index contributed by atoms with van der Waals surface area (Å²) >= 11 is 0. The molecule has 0 aromatic carbocycles. The van der Waals surface area contributed by atoms with E-state index >= 15 is 0 Å². The van der Waals surface area contributed by atoms with Gasteiger partial charge >= 0.3 is 0 Å². The fourth-order valence-electron chi connectivity index (χ4n) is 2.21. The van der Waals surface area contributed by atoms with Crippen molar-refractivity contribution in [3.05, 3.63) is 18.1 Å². The molecule has 2 aromatic rings. The molecule has 0 aliphatic carbocycles. The lowest BCUT2D eigenvalue weighted by atomic mass is 10.1. The molecule has 1 saturated heterocycles. The molecule has 1 fully saturated rings. The number of imidazole rings is 1. The van der Waals surface area contributed by atoms with E-state index in [-0.39, 0.29) is 16.0 Å². The van der Waals surface area contributed by atoms with E-state index in [1.165, 1.54) is 10.9 Å². The third-order valence-corrected chi connectivity index (χ3v) is 3.28. The fraction of sp³-hybridized carbons (Fsp3) is 0.500. The van der Waals surface area contributed by atoms with Crippen LogP contribution in [0.3, 0.4) is 0 Å². The molecule has 1 aliphatic rings. The Hall–Kier alpha value is -1.88. The zero-order chi connectivity index (χ0) is 14.4. The summed E-state index contributed by atoms with van der Waals surface area (Å²) < 4.78 is 19.8. The van der Waals surface area contributed by atoms with E-state index in [1.807, 2.05) is 0 Å². The maximum atomic E-state index is 13.2. The number of nitrogens with one attached hydrogen (secondary N) is 1. The third kappa shape index (κ3) is 1.73. The summed E-state index contributed by atoms with van der Waals surface area (Å²) in [5, 5.41) is 36.2. The van der Waals surface area contributed by atoms with E-state index in [2.05, 4.69) is 9.97 Å². The van der Waals surface area contributed by atoms with Crippen LogP contribution in [0.1, 0.15) is 6.23 Å². The molecule has 4 atom stereocenters. The summed E-state index contributed by atoms with van der Waals surface area (Å²) in [6.45, 7) is -0.455. The third-order valence-electron chi connectivity index (χ3n) is 3.28. The van der Waals surface area contributed by atoms with Gasteiger partial charge in [0.25, 0.3) is 0 Å². The number of aromatic nitrogens is 4. The van der Waals surface area contributed by atoms with Crippen LogP contribution in [0.2, 0.25) is 0 Å². The number of halogens is 1. The van der Waals surface area contributed by atoms with Crippen molar-refractivity contribution in [2.45, 2.75) is 24.5 Å². The first-order valence-electron chi connectivity index (χ1n) is 5.82. The van der Waals surface area contributed by atoms with Crippen molar-refractivity contribution in [1.29, 1.82) is 5.41 Å². The number of hydrogen-bond donors (Lipinski definition) is 4. The lowest BCUT2D eigenvalue weighted by Gasteiger charge is -2.16. The monoisotopic (exact) mass is 285 g/mol. The van der Waals surface area contributed by atoms with Crippen LogP contribution in [-0.2, 0) is 4.74 Å². The predicted molar refractivity (Wildman–Crippen MR) is 60.9 cm³/mol. The zero-order valence-electron chi connectivity index (χ0n) is 10.1. The largest absolute Gasteiger partial charge is 0.394 e. The van der Waals surface area contributed by atoms with Crippen LogP contribution in [-0.4, -0.2) is 59.6 Å². The van der Waals surface area contributed by atoms with Crippen LogP contribution in [0, 0.1) is 5.41 Å². The first-order valence-corrected chi connectivity index (χ1v) is 5.82. The Morgan fingerprint density at radius 1 is 1.30 bits per heavy atom. The van der Waals surface area contributed by atoms with Gasteiger partial charge in [0, 0.05) is 0 Å². The molecule has 2 aromatic heterocycles. The predicted octanol–water partition coefficient (Wildman–Crippen LogP) is -1.94. The number of ether oxygens (including phenoxy) is 1. The van der Waals surface area contributed by atoms with Gasteiger partial charge in [0.05, 0.1) is 12.9 Å². The SMILES string of the molecule is N=c1c2ncn([C@@H]3O[C@H](CO)[C@@H](O)[C@H]3O)c2ncn1F. The van der Waals surface area contributed by atoms with Crippen LogP contribution in [0.25, 0.3) is 11.2 Å². The van der Waals surface area contributed by atoms with Crippen molar-refractivity contribution in [1.82, 2.24) is 19.3 Å². The second kappa shape index (κ2) is 4.59. The Balaban J connectivity index is 2.08. The van der Waals surface area contributed by atoms with Gasteiger partial charge in [0.2, 0.25) is 0 Å². The maximum absolute atomic E-state index is 13.2. The van der Waals surface area contributed by atoms with Crippen molar-refractivity contribution in [2.75, 3.05) is 6.61 Å². The Labute approximate surface area is 111 Å². The summed E-state index contributed by atoms with van der Waals surface area (Å²) in [6, 6.07) is 0. The van der Waals surface area contributed by atoms with Crippen molar-refractivity contribution < 1.29 is 24.5 Å². The number of rotatable bonds is 2. The molecular weight excluding hydrogens is 273 g/mol. The molecular formula is C10H12FN5O4. The van der Waals surface area contributed by atoms with Crippen LogP contribution in [0.5, 0.6) is 0 Å². The molecule has 0 spiro atoms. The Kier molecular flexibility index (Phi) is 3.01. The van der Waals surface area contributed by atoms with Gasteiger partial charge in [-0.1, -0.05) is 4.48 Å². The second-order valence-electron chi connectivity index (χ2n) is 4.46. The zero-order valence-corrected chi connectivity index (χ0v) is 10.1. The van der Waals surface area contributed by atoms with Gasteiger partial charge in [-0.3, -0.25) is 9.98 Å². The van der Waals surface area contributed by atoms with E-state index in [0.717, 1.165) is 6.33 Å². The minimum absolute atomic E-state index is 0.00672. The molecule has 4 N–H and O–H groups in total. The van der Waals surface area contributed by atoms with Crippen molar-refractivity contribution in [2.24, 2.45) is 0 Å². The fourth-order valence-corrected chi connectivity index (χ4v) is 2.21. The lowest BCUT2D eigenvalue weighted by molar-refractivity contribution is -0.0511. The number of hydrogen-bond acceptors (Lipinski definition) is 7. The van der Waals surface area contributed by atoms with Crippen molar-refractivity contribution >= 4 is 11.2 Å². The molecule has 0 saturated carbocycles. The van der Waals surface area contributed by atoms with Crippen LogP contribution < -0.4 is 5.49 Å². The summed E-state index contributed by atoms with van der Waals surface area (Å²) in [4.78, 5) is 7.65. The minimum Gasteiger partial charge on any atom is -0.394 e. The van der Waals surface area contributed by atoms with E-state index in [1.54, 1.807) is 0 Å². The first-order chi connectivity index (χ1) is 9.54. The topological polar surface area (TPSA) is 129 Å². The number of aliphatic hydroxyl groups excluding tert-OH is 3. The summed E-state index contributed by atoms with van der Waals surface area (Å²) in [6.07, 6.45) is -2.47. The smallest absolute Gasteiger partial charge is 0.186 e. The molecule has 0 bridgehead atoms. The Morgan fingerprint density at radius 2 is 2.05 bits per heavy atom. The highest BCUT2D eigenvalue weighted by Crippen LogP contribution is 2.30. The molecule has 108 valence electrons. The van der Waals surface area contributed by atoms with Gasteiger partial charge in [0.15, 0.2) is 22.9 Å². The van der Waals surface area contributed by atoms with Crippen LogP contribution in [0.4, 0.5) is 4.48 Å². The van der Waals surface area contributed by atoms with Gasteiger partial charge in [-0.25, -0.2) is 9.97 Å². The highest BCUT2D eigenvalue weighted by Gasteiger charge is 2.43. The van der Waals surface area contributed by atoms with Gasteiger partial charge in [-0.05, 0) is 0 Å². The van der Waals surface area contributed by atoms with Gasteiger partial charge < -0.3 is 20.1 Å². The summed E-state index contributed by atoms with van der Waals surface area (Å²) in [5.41, 5.74) is -0.355. The second-order valence-corrected chi connectivity index (χ2v) is 4.46. The molecule has 20 heavy (non-hydrogen) atoms. The number of aliphatic hydroxyl groups is 3. The lowest BCUT2D eigenvalue weighted by Crippen LogP contribution is -2.33. The molecule has 1 aliphatic heterocycles. The van der Waals surface area contributed by atoms with Crippen molar-refractivity contribution in [3.8, 4) is 0 Å². The maximum Gasteiger partial charge on any atom is 0.186 e. The molecule has 9 nitrogen and oxygen atoms in total. The van der Waals surface area contributed by atoms with E-state index < -0.39 is 36.6 Å². The first kappa shape index (κ1) is 13.1. The Bertz CT molecular complexity index is 701. The molecule has 3 rings (SSSR count). The summed E-state index contributed by atoms with van der Waals surface area (Å²) in [5.74, 6) is 0. The highest BCUT2D eigenvalue weighted by atomic mass is 19.2. The Morgan fingerprint density at radius 3 is 2.70 bits per heavy atom. The quantitative estimate of drug-likeness (QED) is 0.508. The molecule has 0 amide bonds. The van der Waals surface area contributed by atoms with Crippen LogP contribution >= 0.6 is 0 Å². The summed E-state index contributed by atoms with van der Waals surface area (Å²) in [7, 11) is 0. The van der Waals surface area contributed by atoms with E-state index in [9.17, 15) is 14.7 Å². The van der Waals surface area contributed by atoms with Gasteiger partial charge in [-0.15, -0.1) is 4.79 Å². The van der Waals surface area contributed by atoms with E-state index in [4.69, 9.17) is 15.3 Å². The normalized spacial score (nSPS) is 30.2. The average molecular weight is 285 g/mol. The van der Waals surface area contributed by atoms with Gasteiger partial charge in [-0.2, -0.15) is 0 Å². The van der Waals surface area contributed by atoms with Crippen LogP contribution in [0.15, 0.2) is 12.7 Å². The average Bonchev–Trinajstić information content (AvgIpc) is 2.98. The van der Waals surface area contributed by atoms with Gasteiger partial charge in [0.1, 0.15) is 24.6 Å². The number of fused-ring (bicyclic) bond motifs is 1. The molecule has 10 heteroatoms. The molecule has 0 unspecified atom stereocenters. The molecule has 0 radical (unpaired) electrons. The minimum atomic E-state index is -1.29.